The van der Waals surface area contributed by atoms with Gasteiger partial charge in [-0.05, 0) is 19.9 Å². The second-order valence-electron chi connectivity index (χ2n) is 3.45. The lowest BCUT2D eigenvalue weighted by molar-refractivity contribution is 0.0490. The van der Waals surface area contributed by atoms with Gasteiger partial charge in [0.2, 0.25) is 5.76 Å². The number of aryl methyl sites for hydroxylation is 1. The van der Waals surface area contributed by atoms with Gasteiger partial charge in [0.1, 0.15) is 6.26 Å². The van der Waals surface area contributed by atoms with Crippen molar-refractivity contribution in [2.45, 2.75) is 20.4 Å². The summed E-state index contributed by atoms with van der Waals surface area (Å²) in [6.07, 6.45) is 3.26. The van der Waals surface area contributed by atoms with Crippen molar-refractivity contribution < 1.29 is 13.9 Å². The molecule has 0 saturated heterocycles. The third-order valence-electron chi connectivity index (χ3n) is 2.39. The highest BCUT2D eigenvalue weighted by molar-refractivity contribution is 5.87. The van der Waals surface area contributed by atoms with Gasteiger partial charge in [-0.15, -0.1) is 0 Å². The minimum absolute atomic E-state index is 0.214. The fourth-order valence-electron chi connectivity index (χ4n) is 1.61. The van der Waals surface area contributed by atoms with Crippen LogP contribution in [-0.2, 0) is 11.3 Å². The summed E-state index contributed by atoms with van der Waals surface area (Å²) >= 11 is 0. The summed E-state index contributed by atoms with van der Waals surface area (Å²) in [6.45, 7) is 4.86. The average molecular weight is 234 g/mol. The summed E-state index contributed by atoms with van der Waals surface area (Å²) in [5.41, 5.74) is 1.75. The lowest BCUT2D eigenvalue weighted by Gasteiger charge is -2.00. The second kappa shape index (κ2) is 4.86. The molecule has 0 saturated carbocycles. The molecule has 0 spiro atoms. The van der Waals surface area contributed by atoms with Gasteiger partial charge in [0.05, 0.1) is 12.3 Å². The van der Waals surface area contributed by atoms with Crippen LogP contribution in [0.2, 0.25) is 0 Å². The number of carbonyl (C=O) groups is 1. The molecule has 0 unspecified atom stereocenters. The molecule has 2 aromatic heterocycles. The zero-order valence-corrected chi connectivity index (χ0v) is 9.84. The number of hydrogen-bond acceptors (Lipinski definition) is 4. The van der Waals surface area contributed by atoms with E-state index in [0.717, 1.165) is 17.8 Å². The van der Waals surface area contributed by atoms with E-state index >= 15 is 0 Å². The minimum Gasteiger partial charge on any atom is -0.460 e. The molecule has 5 heteroatoms. The Balaban J connectivity index is 2.27. The van der Waals surface area contributed by atoms with Crippen LogP contribution < -0.4 is 0 Å². The minimum atomic E-state index is -0.443. The first-order valence-corrected chi connectivity index (χ1v) is 5.54. The van der Waals surface area contributed by atoms with Crippen LogP contribution in [0.4, 0.5) is 0 Å². The van der Waals surface area contributed by atoms with E-state index in [9.17, 15) is 4.79 Å². The van der Waals surface area contributed by atoms with Gasteiger partial charge in [-0.1, -0.05) is 0 Å². The summed E-state index contributed by atoms with van der Waals surface area (Å²) in [5, 5.41) is 4.16. The number of carbonyl (C=O) groups excluding carboxylic acids is 1. The highest BCUT2D eigenvalue weighted by Crippen LogP contribution is 2.22. The molecule has 0 amide bonds. The van der Waals surface area contributed by atoms with Gasteiger partial charge in [0, 0.05) is 24.4 Å². The first-order valence-electron chi connectivity index (χ1n) is 5.54. The Morgan fingerprint density at radius 2 is 2.35 bits per heavy atom. The number of hydrogen-bond donors (Lipinski definition) is 0. The monoisotopic (exact) mass is 234 g/mol. The van der Waals surface area contributed by atoms with Crippen molar-refractivity contribution in [2.75, 3.05) is 6.61 Å². The molecule has 0 atom stereocenters. The molecule has 0 aliphatic heterocycles. The molecule has 0 aromatic carbocycles. The van der Waals surface area contributed by atoms with Crippen LogP contribution in [0, 0.1) is 0 Å². The van der Waals surface area contributed by atoms with E-state index in [1.165, 1.54) is 6.26 Å². The van der Waals surface area contributed by atoms with Crippen LogP contribution in [-0.4, -0.2) is 22.4 Å². The van der Waals surface area contributed by atoms with Crippen LogP contribution >= 0.6 is 0 Å². The van der Waals surface area contributed by atoms with Crippen LogP contribution in [0.25, 0.3) is 11.3 Å². The zero-order valence-electron chi connectivity index (χ0n) is 9.84. The summed E-state index contributed by atoms with van der Waals surface area (Å²) in [6, 6.07) is 3.55. The Morgan fingerprint density at radius 1 is 1.53 bits per heavy atom. The van der Waals surface area contributed by atoms with Crippen molar-refractivity contribution >= 4 is 5.97 Å². The molecule has 0 aliphatic rings. The predicted octanol–water partition coefficient (Wildman–Crippen LogP) is 2.34. The van der Waals surface area contributed by atoms with Gasteiger partial charge in [0.15, 0.2) is 0 Å². The van der Waals surface area contributed by atoms with Crippen LogP contribution in [0.15, 0.2) is 29.0 Å². The van der Waals surface area contributed by atoms with Crippen molar-refractivity contribution in [3.05, 3.63) is 30.4 Å². The molecular formula is C12H14N2O3. The number of rotatable bonds is 4. The summed E-state index contributed by atoms with van der Waals surface area (Å²) in [5.74, 6) is -0.230. The van der Waals surface area contributed by atoms with E-state index in [1.54, 1.807) is 19.2 Å². The Bertz CT molecular complexity index is 513. The van der Waals surface area contributed by atoms with Crippen molar-refractivity contribution in [1.82, 2.24) is 9.78 Å². The molecule has 0 radical (unpaired) electrons. The summed E-state index contributed by atoms with van der Waals surface area (Å²) < 4.78 is 11.9. The molecule has 5 nitrogen and oxygen atoms in total. The van der Waals surface area contributed by atoms with E-state index in [1.807, 2.05) is 17.7 Å². The van der Waals surface area contributed by atoms with Crippen molar-refractivity contribution in [3.63, 3.8) is 0 Å². The fraction of sp³-hybridized carbons (Fsp3) is 0.333. The Labute approximate surface area is 99.0 Å². The lowest BCUT2D eigenvalue weighted by Crippen LogP contribution is -2.02. The summed E-state index contributed by atoms with van der Waals surface area (Å²) in [4.78, 5) is 11.4. The Kier molecular flexibility index (Phi) is 3.27. The first-order chi connectivity index (χ1) is 8.26. The molecule has 2 aromatic rings. The van der Waals surface area contributed by atoms with E-state index in [0.29, 0.717) is 6.61 Å². The van der Waals surface area contributed by atoms with Crippen LogP contribution in [0.5, 0.6) is 0 Å². The highest BCUT2D eigenvalue weighted by atomic mass is 16.5. The van der Waals surface area contributed by atoms with Gasteiger partial charge < -0.3 is 9.15 Å². The van der Waals surface area contributed by atoms with Gasteiger partial charge in [-0.2, -0.15) is 5.10 Å². The quantitative estimate of drug-likeness (QED) is 0.762. The Hall–Kier alpha value is -2.04. The third kappa shape index (κ3) is 2.22. The van der Waals surface area contributed by atoms with Gasteiger partial charge in [-0.3, -0.25) is 4.68 Å². The first kappa shape index (κ1) is 11.4. The molecule has 0 bridgehead atoms. The molecule has 17 heavy (non-hydrogen) atoms. The molecule has 90 valence electrons. The number of ether oxygens (including phenoxy) is 1. The van der Waals surface area contributed by atoms with Crippen molar-refractivity contribution in [1.29, 1.82) is 0 Å². The largest absolute Gasteiger partial charge is 0.460 e. The maximum atomic E-state index is 11.4. The lowest BCUT2D eigenvalue weighted by atomic mass is 10.2. The Morgan fingerprint density at radius 3 is 3.06 bits per heavy atom. The van der Waals surface area contributed by atoms with Gasteiger partial charge >= 0.3 is 5.97 Å². The highest BCUT2D eigenvalue weighted by Gasteiger charge is 2.14. The molecule has 0 aliphatic carbocycles. The SMILES string of the molecule is CCOC(=O)c1cc(-c2ccnn2CC)co1. The fourth-order valence-corrected chi connectivity index (χ4v) is 1.61. The van der Waals surface area contributed by atoms with Crippen LogP contribution in [0.1, 0.15) is 24.4 Å². The smallest absolute Gasteiger partial charge is 0.374 e. The van der Waals surface area contributed by atoms with Crippen LogP contribution in [0.3, 0.4) is 0 Å². The van der Waals surface area contributed by atoms with E-state index in [-0.39, 0.29) is 5.76 Å². The second-order valence-corrected chi connectivity index (χ2v) is 3.45. The van der Waals surface area contributed by atoms with E-state index in [4.69, 9.17) is 9.15 Å². The maximum Gasteiger partial charge on any atom is 0.374 e. The number of furan rings is 1. The zero-order chi connectivity index (χ0) is 12.3. The van der Waals surface area contributed by atoms with Gasteiger partial charge in [-0.25, -0.2) is 4.79 Å². The molecule has 0 fully saturated rings. The molecular weight excluding hydrogens is 220 g/mol. The van der Waals surface area contributed by atoms with E-state index in [2.05, 4.69) is 5.10 Å². The van der Waals surface area contributed by atoms with Crippen molar-refractivity contribution in [3.8, 4) is 11.3 Å². The standard InChI is InChI=1S/C12H14N2O3/c1-3-14-10(5-6-13-14)9-7-11(17-8-9)12(15)16-4-2/h5-8H,3-4H2,1-2H3. The van der Waals surface area contributed by atoms with E-state index < -0.39 is 5.97 Å². The molecule has 0 N–H and O–H groups in total. The number of aromatic nitrogens is 2. The van der Waals surface area contributed by atoms with Crippen molar-refractivity contribution in [2.24, 2.45) is 0 Å². The molecule has 2 rings (SSSR count). The predicted molar refractivity (Wildman–Crippen MR) is 61.6 cm³/mol. The maximum absolute atomic E-state index is 11.4. The number of nitrogens with zero attached hydrogens (tertiary/aromatic N) is 2. The normalized spacial score (nSPS) is 10.5. The average Bonchev–Trinajstić information content (AvgIpc) is 2.97. The number of esters is 1. The topological polar surface area (TPSA) is 57.3 Å². The third-order valence-corrected chi connectivity index (χ3v) is 2.39. The van der Waals surface area contributed by atoms with Gasteiger partial charge in [0.25, 0.3) is 0 Å². The molecule has 2 heterocycles. The summed E-state index contributed by atoms with van der Waals surface area (Å²) in [7, 11) is 0.